The summed E-state index contributed by atoms with van der Waals surface area (Å²) in [5.74, 6) is -0.858. The van der Waals surface area contributed by atoms with E-state index in [0.29, 0.717) is 5.89 Å². The van der Waals surface area contributed by atoms with Crippen LogP contribution >= 0.6 is 11.6 Å². The molecule has 0 saturated carbocycles. The molecule has 0 aliphatic rings. The van der Waals surface area contributed by atoms with Gasteiger partial charge < -0.3 is 20.6 Å². The first-order chi connectivity index (χ1) is 11.6. The van der Waals surface area contributed by atoms with Crippen LogP contribution in [0.25, 0.3) is 0 Å². The lowest BCUT2D eigenvalue weighted by Crippen LogP contribution is -2.17. The first-order valence-electron chi connectivity index (χ1n) is 6.93. The second-order valence-electron chi connectivity index (χ2n) is 5.13. The summed E-state index contributed by atoms with van der Waals surface area (Å²) in [7, 11) is -4.71. The van der Waals surface area contributed by atoms with Crippen LogP contribution in [0.3, 0.4) is 0 Å². The lowest BCUT2D eigenvalue weighted by atomic mass is 10.1. The van der Waals surface area contributed by atoms with Crippen molar-refractivity contribution in [2.75, 3.05) is 5.32 Å². The Morgan fingerprint density at radius 1 is 1.44 bits per heavy atom. The van der Waals surface area contributed by atoms with Crippen molar-refractivity contribution >= 4 is 33.3 Å². The van der Waals surface area contributed by atoms with Crippen molar-refractivity contribution in [2.45, 2.75) is 30.7 Å². The number of nitrogens with two attached hydrogens (primary N) is 1. The van der Waals surface area contributed by atoms with E-state index in [1.54, 1.807) is 6.92 Å². The van der Waals surface area contributed by atoms with Gasteiger partial charge in [0.15, 0.2) is 5.75 Å². The van der Waals surface area contributed by atoms with E-state index in [-0.39, 0.29) is 29.4 Å². The average Bonchev–Trinajstić information content (AvgIpc) is 2.93. The van der Waals surface area contributed by atoms with E-state index in [0.717, 1.165) is 12.1 Å². The quantitative estimate of drug-likeness (QED) is 0.420. The molecule has 25 heavy (non-hydrogen) atoms. The molecule has 0 saturated heterocycles. The Labute approximate surface area is 147 Å². The highest BCUT2D eigenvalue weighted by Crippen LogP contribution is 2.34. The van der Waals surface area contributed by atoms with Gasteiger partial charge in [-0.15, -0.1) is 10.2 Å². The number of benzene rings is 1. The molecule has 0 radical (unpaired) electrons. The van der Waals surface area contributed by atoms with Gasteiger partial charge >= 0.3 is 0 Å². The molecule has 0 spiro atoms. The van der Waals surface area contributed by atoms with Crippen LogP contribution in [0.15, 0.2) is 21.4 Å². The number of phenols is 1. The van der Waals surface area contributed by atoms with Crippen molar-refractivity contribution in [3.05, 3.63) is 28.9 Å². The van der Waals surface area contributed by atoms with Gasteiger partial charge in [0.25, 0.3) is 10.1 Å². The highest BCUT2D eigenvalue weighted by atomic mass is 35.5. The van der Waals surface area contributed by atoms with E-state index in [2.05, 4.69) is 15.5 Å². The number of phenolic OH excluding ortho intramolecular Hbond substituents is 1. The number of nitrogens with zero attached hydrogens (tertiary/aromatic N) is 2. The van der Waals surface area contributed by atoms with Gasteiger partial charge in [0.1, 0.15) is 4.90 Å². The molecule has 1 aromatic carbocycles. The number of amides is 1. The summed E-state index contributed by atoms with van der Waals surface area (Å²) in [4.78, 5) is 11.2. The topological polar surface area (TPSA) is 169 Å². The van der Waals surface area contributed by atoms with Crippen LogP contribution in [0.1, 0.15) is 30.7 Å². The molecule has 136 valence electrons. The standard InChI is InChI=1S/C13H15ClN4O6S/c1-6-17-18-13(24-6)8(15)2-3-11(19)16-9-4-7(14)5-10(12(9)20)25(21,22)23/h4-5,8,20H,2-3,15H2,1H3,(H,16,19)(H,21,22,23)/t8-/m0/s1. The molecule has 2 aromatic rings. The van der Waals surface area contributed by atoms with Crippen LogP contribution in [0.2, 0.25) is 5.02 Å². The van der Waals surface area contributed by atoms with Gasteiger partial charge in [-0.2, -0.15) is 8.42 Å². The Bertz CT molecular complexity index is 898. The molecule has 1 amide bonds. The minimum absolute atomic E-state index is 0.0737. The summed E-state index contributed by atoms with van der Waals surface area (Å²) in [6.45, 7) is 1.60. The number of anilines is 1. The van der Waals surface area contributed by atoms with E-state index in [1.165, 1.54) is 0 Å². The third-order valence-corrected chi connectivity index (χ3v) is 4.22. The summed E-state index contributed by atoms with van der Waals surface area (Å²) in [6, 6.07) is 1.34. The molecule has 2 rings (SSSR count). The number of halogens is 1. The van der Waals surface area contributed by atoms with Crippen molar-refractivity contribution in [1.82, 2.24) is 10.2 Å². The first-order valence-corrected chi connectivity index (χ1v) is 8.75. The van der Waals surface area contributed by atoms with Gasteiger partial charge in [0.05, 0.1) is 11.7 Å². The van der Waals surface area contributed by atoms with E-state index in [9.17, 15) is 18.3 Å². The van der Waals surface area contributed by atoms with Gasteiger partial charge in [-0.25, -0.2) is 0 Å². The maximum Gasteiger partial charge on any atom is 0.298 e. The predicted octanol–water partition coefficient (Wildman–Crippen LogP) is 1.40. The number of carbonyl (C=O) groups is 1. The Hall–Kier alpha value is -2.21. The van der Waals surface area contributed by atoms with Gasteiger partial charge in [-0.1, -0.05) is 11.6 Å². The SMILES string of the molecule is Cc1nnc([C@@H](N)CCC(=O)Nc2cc(Cl)cc(S(=O)(=O)O)c2O)o1. The lowest BCUT2D eigenvalue weighted by molar-refractivity contribution is -0.116. The van der Waals surface area contributed by atoms with Gasteiger partial charge in [-0.05, 0) is 18.6 Å². The van der Waals surface area contributed by atoms with E-state index < -0.39 is 32.7 Å². The molecule has 0 aliphatic carbocycles. The summed E-state index contributed by atoms with van der Waals surface area (Å²) in [5.41, 5.74) is 5.57. The molecule has 10 nitrogen and oxygen atoms in total. The van der Waals surface area contributed by atoms with E-state index in [4.69, 9.17) is 26.3 Å². The number of hydrogen-bond acceptors (Lipinski definition) is 8. The molecular formula is C13H15ClN4O6S. The third-order valence-electron chi connectivity index (χ3n) is 3.13. The zero-order chi connectivity index (χ0) is 18.8. The molecule has 0 bridgehead atoms. The van der Waals surface area contributed by atoms with Crippen LogP contribution in [0.4, 0.5) is 5.69 Å². The van der Waals surface area contributed by atoms with Gasteiger partial charge in [0.2, 0.25) is 17.7 Å². The highest BCUT2D eigenvalue weighted by molar-refractivity contribution is 7.86. The smallest absolute Gasteiger partial charge is 0.298 e. The number of hydrogen-bond donors (Lipinski definition) is 4. The van der Waals surface area contributed by atoms with Crippen LogP contribution in [-0.2, 0) is 14.9 Å². The molecule has 0 unspecified atom stereocenters. The summed E-state index contributed by atoms with van der Waals surface area (Å²) in [6.07, 6.45) is 0.0930. The second-order valence-corrected chi connectivity index (χ2v) is 6.95. The van der Waals surface area contributed by atoms with Crippen molar-refractivity contribution in [3.8, 4) is 5.75 Å². The fourth-order valence-electron chi connectivity index (χ4n) is 1.95. The van der Waals surface area contributed by atoms with Crippen molar-refractivity contribution in [1.29, 1.82) is 0 Å². The first kappa shape index (κ1) is 19.1. The molecule has 12 heteroatoms. The van der Waals surface area contributed by atoms with E-state index in [1.807, 2.05) is 0 Å². The monoisotopic (exact) mass is 390 g/mol. The normalized spacial score (nSPS) is 12.8. The molecule has 1 atom stereocenters. The molecular weight excluding hydrogens is 376 g/mol. The summed E-state index contributed by atoms with van der Waals surface area (Å²) >= 11 is 5.74. The number of nitrogens with one attached hydrogen (secondary N) is 1. The van der Waals surface area contributed by atoms with Crippen LogP contribution < -0.4 is 11.1 Å². The molecule has 0 aliphatic heterocycles. The largest absolute Gasteiger partial charge is 0.504 e. The summed E-state index contributed by atoms with van der Waals surface area (Å²) in [5, 5.41) is 19.5. The number of aryl methyl sites for hydroxylation is 1. The molecule has 5 N–H and O–H groups in total. The number of aromatic hydroxyl groups is 1. The maximum absolute atomic E-state index is 12.0. The molecule has 1 heterocycles. The van der Waals surface area contributed by atoms with Crippen LogP contribution in [0.5, 0.6) is 5.75 Å². The Kier molecular flexibility index (Phi) is 5.62. The fraction of sp³-hybridized carbons (Fsp3) is 0.308. The number of carbonyl (C=O) groups excluding carboxylic acids is 1. The molecule has 0 fully saturated rings. The van der Waals surface area contributed by atoms with Crippen molar-refractivity contribution in [3.63, 3.8) is 0 Å². The van der Waals surface area contributed by atoms with Crippen LogP contribution in [0, 0.1) is 6.92 Å². The van der Waals surface area contributed by atoms with E-state index >= 15 is 0 Å². The van der Waals surface area contributed by atoms with Gasteiger partial charge in [0, 0.05) is 18.4 Å². The number of aromatic nitrogens is 2. The average molecular weight is 391 g/mol. The van der Waals surface area contributed by atoms with Crippen molar-refractivity contribution in [2.24, 2.45) is 5.73 Å². The Balaban J connectivity index is 2.07. The minimum atomic E-state index is -4.71. The maximum atomic E-state index is 12.0. The zero-order valence-electron chi connectivity index (χ0n) is 12.9. The zero-order valence-corrected chi connectivity index (χ0v) is 14.5. The number of rotatable bonds is 6. The highest BCUT2D eigenvalue weighted by Gasteiger charge is 2.21. The Morgan fingerprint density at radius 3 is 2.68 bits per heavy atom. The predicted molar refractivity (Wildman–Crippen MR) is 86.8 cm³/mol. The second kappa shape index (κ2) is 7.35. The van der Waals surface area contributed by atoms with Crippen molar-refractivity contribution < 1.29 is 27.3 Å². The summed E-state index contributed by atoms with van der Waals surface area (Å²) < 4.78 is 36.6. The third kappa shape index (κ3) is 4.89. The van der Waals surface area contributed by atoms with Crippen LogP contribution in [-0.4, -0.2) is 34.2 Å². The fourth-order valence-corrected chi connectivity index (χ4v) is 2.86. The molecule has 1 aromatic heterocycles. The Morgan fingerprint density at radius 2 is 2.12 bits per heavy atom. The van der Waals surface area contributed by atoms with Gasteiger partial charge in [-0.3, -0.25) is 9.35 Å². The minimum Gasteiger partial charge on any atom is -0.504 e. The lowest BCUT2D eigenvalue weighted by Gasteiger charge is -2.11.